The molecule has 0 radical (unpaired) electrons. The molecule has 66 valence electrons. The molecule has 0 aliphatic rings. The Morgan fingerprint density at radius 1 is 1.38 bits per heavy atom. The molecular formula is C8H7IN4. The first-order valence-corrected chi connectivity index (χ1v) is 4.83. The second-order valence-electron chi connectivity index (χ2n) is 2.60. The van der Waals surface area contributed by atoms with Gasteiger partial charge in [-0.1, -0.05) is 0 Å². The first kappa shape index (κ1) is 8.61. The molecule has 0 atom stereocenters. The molecule has 13 heavy (non-hydrogen) atoms. The maximum Gasteiger partial charge on any atom is 0.235 e. The van der Waals surface area contributed by atoms with Gasteiger partial charge in [-0.25, -0.2) is 15.0 Å². The zero-order valence-corrected chi connectivity index (χ0v) is 9.13. The Morgan fingerprint density at radius 2 is 2.23 bits per heavy atom. The first-order valence-electron chi connectivity index (χ1n) is 3.75. The van der Waals surface area contributed by atoms with Gasteiger partial charge in [0, 0.05) is 18.1 Å². The highest BCUT2D eigenvalue weighted by Crippen LogP contribution is 2.05. The summed E-state index contributed by atoms with van der Waals surface area (Å²) in [5.41, 5.74) is 0.953. The Bertz CT molecular complexity index is 424. The molecule has 0 aromatic carbocycles. The molecule has 5 heteroatoms. The molecule has 0 bridgehead atoms. The highest BCUT2D eigenvalue weighted by atomic mass is 127. The molecule has 0 fully saturated rings. The average molecular weight is 286 g/mol. The first-order chi connectivity index (χ1) is 6.25. The minimum atomic E-state index is 0.662. The van der Waals surface area contributed by atoms with Crippen molar-refractivity contribution in [3.63, 3.8) is 0 Å². The van der Waals surface area contributed by atoms with Crippen molar-refractivity contribution < 1.29 is 0 Å². The summed E-state index contributed by atoms with van der Waals surface area (Å²) in [6.45, 7) is 1.94. The molecule has 4 nitrogen and oxygen atoms in total. The van der Waals surface area contributed by atoms with Crippen LogP contribution in [0.5, 0.6) is 0 Å². The monoisotopic (exact) mass is 286 g/mol. The van der Waals surface area contributed by atoms with E-state index in [0.29, 0.717) is 5.95 Å². The fourth-order valence-electron chi connectivity index (χ4n) is 0.968. The molecule has 0 aliphatic heterocycles. The fourth-order valence-corrected chi connectivity index (χ4v) is 1.39. The standard InChI is InChI=1S/C8H7IN4/c1-6-2-3-10-8(12-6)13-4-7(9)11-5-13/h2-5H,1H3. The third kappa shape index (κ3) is 1.85. The van der Waals surface area contributed by atoms with E-state index in [0.717, 1.165) is 9.39 Å². The number of aromatic nitrogens is 4. The molecule has 2 aromatic heterocycles. The Morgan fingerprint density at radius 3 is 2.85 bits per heavy atom. The minimum Gasteiger partial charge on any atom is -0.273 e. The summed E-state index contributed by atoms with van der Waals surface area (Å²) in [6.07, 6.45) is 5.33. The van der Waals surface area contributed by atoms with E-state index in [1.807, 2.05) is 19.2 Å². The third-order valence-electron chi connectivity index (χ3n) is 1.56. The lowest BCUT2D eigenvalue weighted by atomic mass is 10.5. The van der Waals surface area contributed by atoms with Crippen molar-refractivity contribution in [1.82, 2.24) is 19.5 Å². The zero-order valence-electron chi connectivity index (χ0n) is 6.98. The van der Waals surface area contributed by atoms with Crippen LogP contribution in [0.3, 0.4) is 0 Å². The van der Waals surface area contributed by atoms with Gasteiger partial charge in [0.25, 0.3) is 0 Å². The van der Waals surface area contributed by atoms with Crippen molar-refractivity contribution >= 4 is 22.6 Å². The van der Waals surface area contributed by atoms with Gasteiger partial charge in [-0.2, -0.15) is 0 Å². The molecule has 0 amide bonds. The molecule has 0 unspecified atom stereocenters. The minimum absolute atomic E-state index is 0.662. The number of hydrogen-bond acceptors (Lipinski definition) is 3. The summed E-state index contributed by atoms with van der Waals surface area (Å²) in [5.74, 6) is 0.662. The third-order valence-corrected chi connectivity index (χ3v) is 2.12. The van der Waals surface area contributed by atoms with Crippen LogP contribution in [0.1, 0.15) is 5.69 Å². The van der Waals surface area contributed by atoms with Gasteiger partial charge in [-0.05, 0) is 35.6 Å². The lowest BCUT2D eigenvalue weighted by Gasteiger charge is -1.98. The summed E-state index contributed by atoms with van der Waals surface area (Å²) >= 11 is 2.15. The van der Waals surface area contributed by atoms with E-state index in [9.17, 15) is 0 Å². The number of halogens is 1. The molecule has 0 N–H and O–H groups in total. The Hall–Kier alpha value is -0.980. The lowest BCUT2D eigenvalue weighted by Crippen LogP contribution is -1.98. The summed E-state index contributed by atoms with van der Waals surface area (Å²) in [7, 11) is 0. The lowest BCUT2D eigenvalue weighted by molar-refractivity contribution is 0.909. The molecule has 0 saturated carbocycles. The van der Waals surface area contributed by atoms with Gasteiger partial charge in [0.2, 0.25) is 5.95 Å². The molecule has 0 aliphatic carbocycles. The van der Waals surface area contributed by atoms with Crippen molar-refractivity contribution in [2.24, 2.45) is 0 Å². The van der Waals surface area contributed by atoms with Gasteiger partial charge >= 0.3 is 0 Å². The van der Waals surface area contributed by atoms with Crippen molar-refractivity contribution in [2.75, 3.05) is 0 Å². The van der Waals surface area contributed by atoms with Gasteiger partial charge in [0.15, 0.2) is 0 Å². The SMILES string of the molecule is Cc1ccnc(-n2cnc(I)c2)n1. The molecular weight excluding hydrogens is 279 g/mol. The van der Waals surface area contributed by atoms with E-state index in [2.05, 4.69) is 37.5 Å². The predicted molar refractivity (Wildman–Crippen MR) is 56.6 cm³/mol. The number of nitrogens with zero attached hydrogens (tertiary/aromatic N) is 4. The Labute approximate surface area is 89.2 Å². The molecule has 2 heterocycles. The molecule has 2 aromatic rings. The van der Waals surface area contributed by atoms with Gasteiger partial charge in [-0.15, -0.1) is 0 Å². The normalized spacial score (nSPS) is 10.3. The van der Waals surface area contributed by atoms with E-state index in [1.165, 1.54) is 0 Å². The van der Waals surface area contributed by atoms with Crippen LogP contribution >= 0.6 is 22.6 Å². The molecule has 0 saturated heterocycles. The van der Waals surface area contributed by atoms with Crippen LogP contribution in [0.4, 0.5) is 0 Å². The number of rotatable bonds is 1. The largest absolute Gasteiger partial charge is 0.273 e. The Balaban J connectivity index is 2.46. The fraction of sp³-hybridized carbons (Fsp3) is 0.125. The van der Waals surface area contributed by atoms with Crippen LogP contribution < -0.4 is 0 Å². The predicted octanol–water partition coefficient (Wildman–Crippen LogP) is 1.58. The van der Waals surface area contributed by atoms with Crippen molar-refractivity contribution in [2.45, 2.75) is 6.92 Å². The number of hydrogen-bond donors (Lipinski definition) is 0. The number of aryl methyl sites for hydroxylation is 1. The van der Waals surface area contributed by atoms with Crippen LogP contribution in [0.2, 0.25) is 0 Å². The Kier molecular flexibility index (Phi) is 2.26. The van der Waals surface area contributed by atoms with Crippen LogP contribution in [0.15, 0.2) is 24.8 Å². The second-order valence-corrected chi connectivity index (χ2v) is 3.71. The van der Waals surface area contributed by atoms with Crippen LogP contribution in [0.25, 0.3) is 5.95 Å². The van der Waals surface area contributed by atoms with E-state index in [1.54, 1.807) is 17.1 Å². The second kappa shape index (κ2) is 3.41. The van der Waals surface area contributed by atoms with Crippen LogP contribution in [0, 0.1) is 10.6 Å². The van der Waals surface area contributed by atoms with Crippen molar-refractivity contribution in [3.05, 3.63) is 34.2 Å². The summed E-state index contributed by atoms with van der Waals surface area (Å²) in [5, 5.41) is 0. The van der Waals surface area contributed by atoms with E-state index >= 15 is 0 Å². The molecule has 2 rings (SSSR count). The zero-order chi connectivity index (χ0) is 9.26. The maximum atomic E-state index is 4.27. The quantitative estimate of drug-likeness (QED) is 0.747. The highest BCUT2D eigenvalue weighted by Gasteiger charge is 2.00. The van der Waals surface area contributed by atoms with Crippen molar-refractivity contribution in [1.29, 1.82) is 0 Å². The van der Waals surface area contributed by atoms with Gasteiger partial charge in [-0.3, -0.25) is 4.57 Å². The smallest absolute Gasteiger partial charge is 0.235 e. The van der Waals surface area contributed by atoms with Crippen LogP contribution in [-0.4, -0.2) is 19.5 Å². The summed E-state index contributed by atoms with van der Waals surface area (Å²) in [6, 6.07) is 1.87. The number of imidazole rings is 1. The van der Waals surface area contributed by atoms with Crippen molar-refractivity contribution in [3.8, 4) is 5.95 Å². The summed E-state index contributed by atoms with van der Waals surface area (Å²) in [4.78, 5) is 12.5. The maximum absolute atomic E-state index is 4.27. The van der Waals surface area contributed by atoms with E-state index in [-0.39, 0.29) is 0 Å². The highest BCUT2D eigenvalue weighted by molar-refractivity contribution is 14.1. The topological polar surface area (TPSA) is 43.6 Å². The van der Waals surface area contributed by atoms with E-state index < -0.39 is 0 Å². The van der Waals surface area contributed by atoms with Gasteiger partial charge in [0.1, 0.15) is 10.0 Å². The molecule has 0 spiro atoms. The summed E-state index contributed by atoms with van der Waals surface area (Å²) < 4.78 is 2.73. The van der Waals surface area contributed by atoms with Gasteiger partial charge in [0.05, 0.1) is 0 Å². The van der Waals surface area contributed by atoms with Gasteiger partial charge < -0.3 is 0 Å². The average Bonchev–Trinajstić information content (AvgIpc) is 2.52. The van der Waals surface area contributed by atoms with E-state index in [4.69, 9.17) is 0 Å². The van der Waals surface area contributed by atoms with Crippen LogP contribution in [-0.2, 0) is 0 Å².